The summed E-state index contributed by atoms with van der Waals surface area (Å²) in [7, 11) is 0. The van der Waals surface area contributed by atoms with Crippen LogP contribution in [0.15, 0.2) is 30.6 Å². The van der Waals surface area contributed by atoms with E-state index in [0.29, 0.717) is 18.0 Å². The van der Waals surface area contributed by atoms with Crippen molar-refractivity contribution in [3.63, 3.8) is 0 Å². The van der Waals surface area contributed by atoms with Crippen LogP contribution >= 0.6 is 11.3 Å². The highest BCUT2D eigenvalue weighted by Crippen LogP contribution is 2.45. The number of nitrogens with zero attached hydrogens (tertiary/aromatic N) is 4. The van der Waals surface area contributed by atoms with E-state index in [9.17, 15) is 9.18 Å². The van der Waals surface area contributed by atoms with Crippen molar-refractivity contribution < 1.29 is 13.9 Å². The number of carbonyl (C=O) groups excluding carboxylic acids is 1. The molecule has 0 saturated carbocycles. The van der Waals surface area contributed by atoms with Crippen LogP contribution in [-0.2, 0) is 23.3 Å². The quantitative estimate of drug-likeness (QED) is 0.596. The molecule has 0 unspecified atom stereocenters. The Labute approximate surface area is 178 Å². The van der Waals surface area contributed by atoms with Gasteiger partial charge in [0.2, 0.25) is 0 Å². The predicted octanol–water partition coefficient (Wildman–Crippen LogP) is 3.65. The summed E-state index contributed by atoms with van der Waals surface area (Å²) in [6, 6.07) is 5.16. The molecule has 0 N–H and O–H groups in total. The molecule has 5 heterocycles. The highest BCUT2D eigenvalue weighted by Gasteiger charge is 2.42. The van der Waals surface area contributed by atoms with Crippen LogP contribution in [0.4, 0.5) is 4.39 Å². The molecule has 1 fully saturated rings. The smallest absolute Gasteiger partial charge is 0.177 e. The molecular weight excluding hydrogens is 403 g/mol. The largest absolute Gasteiger partial charge is 0.369 e. The first kappa shape index (κ1) is 19.5. The second kappa shape index (κ2) is 7.68. The number of carbonyl (C=O) groups is 1. The van der Waals surface area contributed by atoms with Crippen LogP contribution in [0.3, 0.4) is 0 Å². The number of fused-ring (bicyclic) bond motifs is 2. The Hall–Kier alpha value is -2.42. The number of piperidine rings is 1. The van der Waals surface area contributed by atoms with Crippen LogP contribution in [0, 0.1) is 12.1 Å². The van der Waals surface area contributed by atoms with Gasteiger partial charge in [-0.15, -0.1) is 11.3 Å². The molecule has 8 heteroatoms. The van der Waals surface area contributed by atoms with Crippen molar-refractivity contribution in [2.45, 2.75) is 38.3 Å². The van der Waals surface area contributed by atoms with Gasteiger partial charge in [0.05, 0.1) is 17.9 Å². The third kappa shape index (κ3) is 3.38. The van der Waals surface area contributed by atoms with Crippen molar-refractivity contribution in [1.82, 2.24) is 19.7 Å². The van der Waals surface area contributed by atoms with E-state index >= 15 is 0 Å². The Morgan fingerprint density at radius 2 is 2.20 bits per heavy atom. The molecule has 0 radical (unpaired) electrons. The number of hydrogen-bond donors (Lipinski definition) is 0. The lowest BCUT2D eigenvalue weighted by Crippen LogP contribution is -2.45. The molecule has 3 aromatic rings. The van der Waals surface area contributed by atoms with Crippen molar-refractivity contribution in [3.05, 3.63) is 63.0 Å². The van der Waals surface area contributed by atoms with E-state index in [1.807, 2.05) is 13.1 Å². The molecule has 2 aliphatic heterocycles. The lowest BCUT2D eigenvalue weighted by molar-refractivity contribution is -0.0960. The summed E-state index contributed by atoms with van der Waals surface area (Å²) in [5.41, 5.74) is 3.34. The number of likely N-dealkylation sites (tertiary alicyclic amines) is 1. The number of thiophene rings is 1. The van der Waals surface area contributed by atoms with E-state index in [2.05, 4.69) is 15.0 Å². The van der Waals surface area contributed by atoms with Gasteiger partial charge in [-0.2, -0.15) is 9.49 Å². The summed E-state index contributed by atoms with van der Waals surface area (Å²) >= 11 is 1.25. The van der Waals surface area contributed by atoms with Crippen LogP contribution in [0.2, 0.25) is 0 Å². The Morgan fingerprint density at radius 1 is 1.37 bits per heavy atom. The molecule has 1 spiro atoms. The van der Waals surface area contributed by atoms with Crippen LogP contribution in [0.1, 0.15) is 44.9 Å². The Morgan fingerprint density at radius 3 is 3.00 bits per heavy atom. The van der Waals surface area contributed by atoms with Gasteiger partial charge in [0, 0.05) is 42.5 Å². The van der Waals surface area contributed by atoms with Gasteiger partial charge in [0.1, 0.15) is 5.60 Å². The first-order valence-corrected chi connectivity index (χ1v) is 11.0. The highest BCUT2D eigenvalue weighted by molar-refractivity contribution is 7.10. The second-order valence-electron chi connectivity index (χ2n) is 7.99. The third-order valence-corrected chi connectivity index (χ3v) is 7.31. The van der Waals surface area contributed by atoms with Crippen molar-refractivity contribution in [1.29, 1.82) is 0 Å². The number of aromatic nitrogens is 3. The molecule has 6 nitrogen and oxygen atoms in total. The topological polar surface area (TPSA) is 60.2 Å². The van der Waals surface area contributed by atoms with Gasteiger partial charge in [-0.05, 0) is 49.9 Å². The molecule has 0 aliphatic carbocycles. The number of hydrogen-bond acceptors (Lipinski definition) is 6. The molecule has 3 aromatic heterocycles. The maximum absolute atomic E-state index is 13.8. The SMILES string of the molecule is Cc1nn(-c2ncccc2C=O)cc1CN1CCC2(CC1)OCCc1cc(F)sc12. The van der Waals surface area contributed by atoms with E-state index < -0.39 is 0 Å². The molecule has 2 aliphatic rings. The van der Waals surface area contributed by atoms with Crippen molar-refractivity contribution in [2.24, 2.45) is 0 Å². The fraction of sp³-hybridized carbons (Fsp3) is 0.409. The summed E-state index contributed by atoms with van der Waals surface area (Å²) in [5, 5.41) is 4.46. The summed E-state index contributed by atoms with van der Waals surface area (Å²) in [5.74, 6) is 0.544. The average molecular weight is 427 g/mol. The van der Waals surface area contributed by atoms with Crippen LogP contribution in [-0.4, -0.2) is 45.6 Å². The van der Waals surface area contributed by atoms with Gasteiger partial charge in [-0.1, -0.05) is 0 Å². The zero-order chi connectivity index (χ0) is 20.7. The fourth-order valence-electron chi connectivity index (χ4n) is 4.53. The maximum Gasteiger partial charge on any atom is 0.177 e. The van der Waals surface area contributed by atoms with E-state index in [4.69, 9.17) is 4.74 Å². The summed E-state index contributed by atoms with van der Waals surface area (Å²) in [4.78, 5) is 19.1. The number of aldehydes is 1. The van der Waals surface area contributed by atoms with E-state index in [0.717, 1.165) is 66.9 Å². The number of halogens is 1. The van der Waals surface area contributed by atoms with Crippen molar-refractivity contribution in [2.75, 3.05) is 19.7 Å². The molecule has 156 valence electrons. The number of ether oxygens (including phenoxy) is 1. The van der Waals surface area contributed by atoms with E-state index in [1.165, 1.54) is 11.3 Å². The zero-order valence-electron chi connectivity index (χ0n) is 16.8. The normalized spacial score (nSPS) is 18.5. The fourth-order valence-corrected chi connectivity index (χ4v) is 5.66. The third-order valence-electron chi connectivity index (χ3n) is 6.16. The first-order valence-electron chi connectivity index (χ1n) is 10.2. The Balaban J connectivity index is 1.31. The summed E-state index contributed by atoms with van der Waals surface area (Å²) < 4.78 is 21.7. The van der Waals surface area contributed by atoms with Crippen molar-refractivity contribution in [3.8, 4) is 5.82 Å². The summed E-state index contributed by atoms with van der Waals surface area (Å²) in [6.07, 6.45) is 6.95. The molecule has 0 amide bonds. The first-order chi connectivity index (χ1) is 14.6. The van der Waals surface area contributed by atoms with Gasteiger partial charge in [0.15, 0.2) is 17.2 Å². The lowest BCUT2D eigenvalue weighted by atomic mass is 9.85. The van der Waals surface area contributed by atoms with Crippen LogP contribution < -0.4 is 0 Å². The minimum absolute atomic E-state index is 0.112. The number of pyridine rings is 1. The Bertz CT molecular complexity index is 1080. The molecule has 0 bridgehead atoms. The standard InChI is InChI=1S/C22H23FN4O2S/c1-15-18(13-27(25-15)21-17(14-28)3-2-7-24-21)12-26-8-5-22(6-9-26)20-16(4-10-29-22)11-19(23)30-20/h2-3,7,11,13-14H,4-6,8-10,12H2,1H3. The molecule has 5 rings (SSSR count). The maximum atomic E-state index is 13.8. The van der Waals surface area contributed by atoms with Gasteiger partial charge < -0.3 is 4.74 Å². The van der Waals surface area contributed by atoms with E-state index in [-0.39, 0.29) is 10.7 Å². The van der Waals surface area contributed by atoms with Crippen molar-refractivity contribution >= 4 is 17.6 Å². The molecule has 0 aromatic carbocycles. The molecule has 0 atom stereocenters. The zero-order valence-corrected chi connectivity index (χ0v) is 17.6. The highest BCUT2D eigenvalue weighted by atomic mass is 32.1. The second-order valence-corrected chi connectivity index (χ2v) is 8.99. The van der Waals surface area contributed by atoms with E-state index in [1.54, 1.807) is 29.1 Å². The monoisotopic (exact) mass is 426 g/mol. The minimum atomic E-state index is -0.328. The van der Waals surface area contributed by atoms with Crippen LogP contribution in [0.25, 0.3) is 5.82 Å². The van der Waals surface area contributed by atoms with Crippen LogP contribution in [0.5, 0.6) is 0 Å². The summed E-state index contributed by atoms with van der Waals surface area (Å²) in [6.45, 7) is 5.18. The predicted molar refractivity (Wildman–Crippen MR) is 112 cm³/mol. The molecular formula is C22H23FN4O2S. The van der Waals surface area contributed by atoms with Gasteiger partial charge in [-0.25, -0.2) is 9.67 Å². The lowest BCUT2D eigenvalue weighted by Gasteiger charge is -2.43. The molecule has 1 saturated heterocycles. The Kier molecular flexibility index (Phi) is 5.00. The number of aryl methyl sites for hydroxylation is 1. The van der Waals surface area contributed by atoms with Gasteiger partial charge in [0.25, 0.3) is 0 Å². The van der Waals surface area contributed by atoms with Gasteiger partial charge in [-0.3, -0.25) is 9.69 Å². The number of rotatable bonds is 4. The molecule has 30 heavy (non-hydrogen) atoms. The average Bonchev–Trinajstić information content (AvgIpc) is 3.32. The van der Waals surface area contributed by atoms with Gasteiger partial charge >= 0.3 is 0 Å². The minimum Gasteiger partial charge on any atom is -0.369 e.